The summed E-state index contributed by atoms with van der Waals surface area (Å²) < 4.78 is 0. The Hall–Kier alpha value is -1.43. The Kier molecular flexibility index (Phi) is 5.09. The molecule has 0 unspecified atom stereocenters. The van der Waals surface area contributed by atoms with E-state index >= 15 is 0 Å². The number of allylic oxidation sites excluding steroid dienone is 1. The van der Waals surface area contributed by atoms with Crippen molar-refractivity contribution < 1.29 is 4.92 Å². The number of aromatic nitrogens is 1. The van der Waals surface area contributed by atoms with Crippen LogP contribution in [0.4, 0.5) is 5.13 Å². The summed E-state index contributed by atoms with van der Waals surface area (Å²) in [5.74, 6) is 0. The van der Waals surface area contributed by atoms with Gasteiger partial charge in [-0.3, -0.25) is 10.1 Å². The Morgan fingerprint density at radius 2 is 2.18 bits per heavy atom. The quantitative estimate of drug-likeness (QED) is 0.579. The van der Waals surface area contributed by atoms with Gasteiger partial charge in [-0.1, -0.05) is 18.3 Å². The van der Waals surface area contributed by atoms with Crippen LogP contribution in [0.15, 0.2) is 11.9 Å². The normalized spacial score (nSPS) is 11.6. The molecule has 5 nitrogen and oxygen atoms in total. The molecule has 0 radical (unpaired) electrons. The summed E-state index contributed by atoms with van der Waals surface area (Å²) in [6.07, 6.45) is 3.72. The molecule has 0 saturated heterocycles. The Balaban J connectivity index is 2.91. The highest BCUT2D eigenvalue weighted by molar-refractivity contribution is 7.16. The summed E-state index contributed by atoms with van der Waals surface area (Å²) in [7, 11) is 0. The molecule has 0 aliphatic carbocycles. The van der Waals surface area contributed by atoms with Crippen LogP contribution in [0.5, 0.6) is 0 Å². The monoisotopic (exact) mass is 255 g/mol. The van der Waals surface area contributed by atoms with E-state index < -0.39 is 0 Å². The minimum Gasteiger partial charge on any atom is -0.349 e. The smallest absolute Gasteiger partial charge is 0.247 e. The van der Waals surface area contributed by atoms with Crippen molar-refractivity contribution in [1.82, 2.24) is 4.98 Å². The maximum absolute atomic E-state index is 10.7. The van der Waals surface area contributed by atoms with Crippen LogP contribution in [0.3, 0.4) is 0 Å². The molecule has 1 heterocycles. The number of hydrogen-bond acceptors (Lipinski definition) is 5. The number of anilines is 1. The van der Waals surface area contributed by atoms with Crippen molar-refractivity contribution in [2.75, 3.05) is 18.0 Å². The lowest BCUT2D eigenvalue weighted by Crippen LogP contribution is -2.21. The van der Waals surface area contributed by atoms with E-state index in [1.807, 2.05) is 0 Å². The molecule has 0 aliphatic heterocycles. The van der Waals surface area contributed by atoms with Crippen LogP contribution >= 0.6 is 11.3 Å². The average molecular weight is 255 g/mol. The molecular formula is C11H17N3O2S. The summed E-state index contributed by atoms with van der Waals surface area (Å²) in [5.41, 5.74) is 0.222. The van der Waals surface area contributed by atoms with Crippen LogP contribution < -0.4 is 4.90 Å². The van der Waals surface area contributed by atoms with Crippen LogP contribution in [0.2, 0.25) is 0 Å². The van der Waals surface area contributed by atoms with Crippen LogP contribution in [0.25, 0.3) is 6.08 Å². The third-order valence-electron chi connectivity index (χ3n) is 2.45. The summed E-state index contributed by atoms with van der Waals surface area (Å²) in [5, 5.41) is 11.6. The predicted molar refractivity (Wildman–Crippen MR) is 70.9 cm³/mol. The van der Waals surface area contributed by atoms with Crippen molar-refractivity contribution in [3.05, 3.63) is 26.9 Å². The summed E-state index contributed by atoms with van der Waals surface area (Å²) in [6.45, 7) is 7.69. The first-order chi connectivity index (χ1) is 8.12. The fourth-order valence-electron chi connectivity index (χ4n) is 1.43. The second kappa shape index (κ2) is 6.34. The summed E-state index contributed by atoms with van der Waals surface area (Å²) in [6, 6.07) is 0. The standard InChI is InChI=1S/C11H17N3O2S/c1-4-9(14(15)16)7-10-8-12-11(17-10)13(5-2)6-3/h7-8H,4-6H2,1-3H3. The first kappa shape index (κ1) is 13.6. The van der Waals surface area contributed by atoms with E-state index in [1.165, 1.54) is 11.3 Å². The number of thiazole rings is 1. The molecule has 94 valence electrons. The SMILES string of the molecule is CCC(=Cc1cnc(N(CC)CC)s1)[N+](=O)[O-]. The van der Waals surface area contributed by atoms with E-state index in [9.17, 15) is 10.1 Å². The van der Waals surface area contributed by atoms with E-state index in [2.05, 4.69) is 23.7 Å². The van der Waals surface area contributed by atoms with Crippen molar-refractivity contribution in [3.8, 4) is 0 Å². The Labute approximate surface area is 105 Å². The third kappa shape index (κ3) is 3.52. The van der Waals surface area contributed by atoms with E-state index in [0.717, 1.165) is 23.1 Å². The third-order valence-corrected chi connectivity index (χ3v) is 3.46. The minimum absolute atomic E-state index is 0.222. The molecule has 17 heavy (non-hydrogen) atoms. The maximum Gasteiger partial charge on any atom is 0.247 e. The highest BCUT2D eigenvalue weighted by Gasteiger charge is 2.11. The van der Waals surface area contributed by atoms with Gasteiger partial charge in [0.25, 0.3) is 0 Å². The summed E-state index contributed by atoms with van der Waals surface area (Å²) >= 11 is 1.49. The Bertz CT molecular complexity index is 411. The van der Waals surface area contributed by atoms with Gasteiger partial charge in [-0.15, -0.1) is 0 Å². The van der Waals surface area contributed by atoms with Gasteiger partial charge < -0.3 is 4.90 Å². The molecule has 1 aromatic heterocycles. The molecule has 0 spiro atoms. The molecule has 0 bridgehead atoms. The molecule has 0 atom stereocenters. The largest absolute Gasteiger partial charge is 0.349 e. The van der Waals surface area contributed by atoms with E-state index in [-0.39, 0.29) is 10.6 Å². The molecule has 0 amide bonds. The molecule has 1 aromatic rings. The fourth-order valence-corrected chi connectivity index (χ4v) is 2.44. The average Bonchev–Trinajstić information content (AvgIpc) is 2.76. The Morgan fingerprint density at radius 1 is 1.53 bits per heavy atom. The fraction of sp³-hybridized carbons (Fsp3) is 0.545. The number of nitro groups is 1. The lowest BCUT2D eigenvalue weighted by Gasteiger charge is -2.16. The predicted octanol–water partition coefficient (Wildman–Crippen LogP) is 3.02. The lowest BCUT2D eigenvalue weighted by molar-refractivity contribution is -0.425. The van der Waals surface area contributed by atoms with Gasteiger partial charge in [0.2, 0.25) is 5.70 Å². The zero-order valence-corrected chi connectivity index (χ0v) is 11.2. The van der Waals surface area contributed by atoms with Crippen LogP contribution in [0.1, 0.15) is 32.1 Å². The molecule has 6 heteroatoms. The second-order valence-electron chi connectivity index (χ2n) is 3.46. The van der Waals surface area contributed by atoms with Gasteiger partial charge in [0, 0.05) is 31.8 Å². The van der Waals surface area contributed by atoms with Crippen LogP contribution in [0, 0.1) is 10.1 Å². The number of rotatable bonds is 6. The van der Waals surface area contributed by atoms with Gasteiger partial charge in [-0.05, 0) is 13.8 Å². The molecule has 0 saturated carbocycles. The van der Waals surface area contributed by atoms with Crippen molar-refractivity contribution in [3.63, 3.8) is 0 Å². The van der Waals surface area contributed by atoms with E-state index in [4.69, 9.17) is 0 Å². The highest BCUT2D eigenvalue weighted by Crippen LogP contribution is 2.24. The van der Waals surface area contributed by atoms with Gasteiger partial charge >= 0.3 is 0 Å². The van der Waals surface area contributed by atoms with Crippen LogP contribution in [-0.2, 0) is 0 Å². The van der Waals surface area contributed by atoms with Crippen LogP contribution in [-0.4, -0.2) is 23.0 Å². The molecular weight excluding hydrogens is 238 g/mol. The highest BCUT2D eigenvalue weighted by atomic mass is 32.1. The first-order valence-corrected chi connectivity index (χ1v) is 6.49. The van der Waals surface area contributed by atoms with Crippen molar-refractivity contribution in [2.24, 2.45) is 0 Å². The molecule has 0 aromatic carbocycles. The van der Waals surface area contributed by atoms with E-state index in [1.54, 1.807) is 19.2 Å². The minimum atomic E-state index is -0.337. The zero-order chi connectivity index (χ0) is 12.8. The molecule has 1 rings (SSSR count). The van der Waals surface area contributed by atoms with E-state index in [0.29, 0.717) is 6.42 Å². The van der Waals surface area contributed by atoms with Gasteiger partial charge in [-0.2, -0.15) is 0 Å². The molecule has 0 fully saturated rings. The topological polar surface area (TPSA) is 59.3 Å². The zero-order valence-electron chi connectivity index (χ0n) is 10.3. The number of nitrogens with zero attached hydrogens (tertiary/aromatic N) is 3. The maximum atomic E-state index is 10.7. The second-order valence-corrected chi connectivity index (χ2v) is 4.50. The molecule has 0 aliphatic rings. The van der Waals surface area contributed by atoms with Gasteiger partial charge in [-0.25, -0.2) is 4.98 Å². The van der Waals surface area contributed by atoms with Crippen molar-refractivity contribution in [1.29, 1.82) is 0 Å². The molecule has 0 N–H and O–H groups in total. The lowest BCUT2D eigenvalue weighted by atomic mass is 10.3. The first-order valence-electron chi connectivity index (χ1n) is 5.68. The number of hydrogen-bond donors (Lipinski definition) is 0. The van der Waals surface area contributed by atoms with Gasteiger partial charge in [0.1, 0.15) is 0 Å². The van der Waals surface area contributed by atoms with Crippen molar-refractivity contribution >= 4 is 22.5 Å². The van der Waals surface area contributed by atoms with Crippen molar-refractivity contribution in [2.45, 2.75) is 27.2 Å². The van der Waals surface area contributed by atoms with Gasteiger partial charge in [0.05, 0.1) is 9.80 Å². The summed E-state index contributed by atoms with van der Waals surface area (Å²) in [4.78, 5) is 17.6. The van der Waals surface area contributed by atoms with Gasteiger partial charge in [0.15, 0.2) is 5.13 Å². The Morgan fingerprint density at radius 3 is 2.65 bits per heavy atom.